The van der Waals surface area contributed by atoms with E-state index in [0.717, 1.165) is 21.9 Å². The average Bonchev–Trinajstić information content (AvgIpc) is 2.69. The van der Waals surface area contributed by atoms with Crippen LogP contribution in [0.15, 0.2) is 18.2 Å². The number of anilines is 1. The van der Waals surface area contributed by atoms with Crippen LogP contribution in [-0.4, -0.2) is 35.7 Å². The van der Waals surface area contributed by atoms with Gasteiger partial charge in [0.2, 0.25) is 0 Å². The highest BCUT2D eigenvalue weighted by molar-refractivity contribution is 6.06. The van der Waals surface area contributed by atoms with E-state index < -0.39 is 35.9 Å². The molecule has 0 aliphatic carbocycles. The van der Waals surface area contributed by atoms with Crippen molar-refractivity contribution in [1.82, 2.24) is 4.90 Å². The van der Waals surface area contributed by atoms with Gasteiger partial charge < -0.3 is 10.5 Å². The number of ether oxygens (including phenoxy) is 1. The summed E-state index contributed by atoms with van der Waals surface area (Å²) in [7, 11) is 0. The van der Waals surface area contributed by atoms with Crippen LogP contribution in [0.25, 0.3) is 0 Å². The number of nitrogens with zero attached hydrogens (tertiary/aromatic N) is 2. The van der Waals surface area contributed by atoms with Gasteiger partial charge in [-0.25, -0.2) is 14.5 Å². The molecule has 0 radical (unpaired) electrons. The van der Waals surface area contributed by atoms with Gasteiger partial charge in [-0.3, -0.25) is 4.90 Å². The Kier molecular flexibility index (Phi) is 2.98. The molecule has 6 nitrogen and oxygen atoms in total. The van der Waals surface area contributed by atoms with Crippen LogP contribution in [0.4, 0.5) is 28.4 Å². The highest BCUT2D eigenvalue weighted by Crippen LogP contribution is 2.42. The predicted molar refractivity (Wildman–Crippen MR) is 69.5 cm³/mol. The van der Waals surface area contributed by atoms with Crippen molar-refractivity contribution in [3.05, 3.63) is 23.8 Å². The first kappa shape index (κ1) is 14.5. The van der Waals surface area contributed by atoms with E-state index in [9.17, 15) is 22.8 Å². The second-order valence-corrected chi connectivity index (χ2v) is 5.16. The number of alkyl halides is 3. The van der Waals surface area contributed by atoms with Crippen molar-refractivity contribution < 1.29 is 27.5 Å². The minimum Gasteiger partial charge on any atom is -0.489 e. The van der Waals surface area contributed by atoms with E-state index in [2.05, 4.69) is 0 Å². The van der Waals surface area contributed by atoms with Gasteiger partial charge in [0.1, 0.15) is 12.4 Å². The van der Waals surface area contributed by atoms with Gasteiger partial charge in [-0.1, -0.05) is 0 Å². The molecule has 22 heavy (non-hydrogen) atoms. The smallest absolute Gasteiger partial charge is 0.416 e. The van der Waals surface area contributed by atoms with Crippen molar-refractivity contribution in [2.24, 2.45) is 5.73 Å². The lowest BCUT2D eigenvalue weighted by Gasteiger charge is -2.32. The fraction of sp³-hybridized carbons (Fsp3) is 0.385. The highest BCUT2D eigenvalue weighted by Gasteiger charge is 2.50. The van der Waals surface area contributed by atoms with Crippen molar-refractivity contribution >= 4 is 17.7 Å². The molecule has 1 aromatic carbocycles. The van der Waals surface area contributed by atoms with Crippen LogP contribution < -0.4 is 15.4 Å². The molecule has 0 spiro atoms. The van der Waals surface area contributed by atoms with E-state index in [1.54, 1.807) is 6.92 Å². The van der Waals surface area contributed by atoms with Crippen LogP contribution in [0.1, 0.15) is 12.5 Å². The number of nitrogens with two attached hydrogens (primary N) is 1. The summed E-state index contributed by atoms with van der Waals surface area (Å²) in [5.41, 5.74) is 4.27. The lowest BCUT2D eigenvalue weighted by molar-refractivity contribution is -0.137. The number of imide groups is 1. The standard InChI is InChI=1S/C13H12F3N3O3/c1-6-9-5-22-10-3-2-7(13(14,15)16)4-8(10)19(9)12(21)18(6)11(17)20/h2-4,6,9H,5H2,1H3,(H2,17,20). The van der Waals surface area contributed by atoms with E-state index >= 15 is 0 Å². The third-order valence-electron chi connectivity index (χ3n) is 3.90. The van der Waals surface area contributed by atoms with Gasteiger partial charge in [-0.15, -0.1) is 0 Å². The summed E-state index contributed by atoms with van der Waals surface area (Å²) in [6, 6.07) is 0.0446. The number of amides is 4. The maximum Gasteiger partial charge on any atom is 0.416 e. The van der Waals surface area contributed by atoms with Crippen molar-refractivity contribution in [1.29, 1.82) is 0 Å². The molecule has 2 N–H and O–H groups in total. The Morgan fingerprint density at radius 2 is 2.09 bits per heavy atom. The number of hydrogen-bond donors (Lipinski definition) is 1. The van der Waals surface area contributed by atoms with Gasteiger partial charge in [0.05, 0.1) is 23.3 Å². The Bertz CT molecular complexity index is 662. The Morgan fingerprint density at radius 1 is 1.41 bits per heavy atom. The third-order valence-corrected chi connectivity index (χ3v) is 3.90. The van der Waals surface area contributed by atoms with E-state index in [-0.39, 0.29) is 18.0 Å². The van der Waals surface area contributed by atoms with Crippen molar-refractivity contribution in [3.63, 3.8) is 0 Å². The monoisotopic (exact) mass is 315 g/mol. The van der Waals surface area contributed by atoms with Gasteiger partial charge in [0, 0.05) is 0 Å². The molecule has 2 aliphatic rings. The largest absolute Gasteiger partial charge is 0.489 e. The first-order chi connectivity index (χ1) is 10.2. The molecule has 0 bridgehead atoms. The lowest BCUT2D eigenvalue weighted by Crippen LogP contribution is -2.44. The van der Waals surface area contributed by atoms with Crippen LogP contribution in [0, 0.1) is 0 Å². The van der Waals surface area contributed by atoms with Crippen molar-refractivity contribution in [3.8, 4) is 5.75 Å². The molecular weight excluding hydrogens is 303 g/mol. The summed E-state index contributed by atoms with van der Waals surface area (Å²) in [4.78, 5) is 25.7. The Hall–Kier alpha value is -2.45. The minimum absolute atomic E-state index is 0.00771. The quantitative estimate of drug-likeness (QED) is 0.797. The number of urea groups is 2. The average molecular weight is 315 g/mol. The van der Waals surface area contributed by atoms with Gasteiger partial charge in [0.15, 0.2) is 0 Å². The molecule has 118 valence electrons. The molecule has 1 saturated heterocycles. The van der Waals surface area contributed by atoms with Gasteiger partial charge in [0.25, 0.3) is 0 Å². The van der Waals surface area contributed by atoms with E-state index in [0.29, 0.717) is 0 Å². The number of rotatable bonds is 0. The Morgan fingerprint density at radius 3 is 2.68 bits per heavy atom. The molecule has 4 amide bonds. The maximum absolute atomic E-state index is 12.9. The molecule has 2 unspecified atom stereocenters. The van der Waals surface area contributed by atoms with Crippen LogP contribution in [0.5, 0.6) is 5.75 Å². The number of primary amides is 1. The van der Waals surface area contributed by atoms with Gasteiger partial charge in [-0.05, 0) is 25.1 Å². The number of halogens is 3. The fourth-order valence-corrected chi connectivity index (χ4v) is 2.79. The molecule has 3 rings (SSSR count). The molecular formula is C13H12F3N3O3. The van der Waals surface area contributed by atoms with Gasteiger partial charge in [-0.2, -0.15) is 13.2 Å². The summed E-state index contributed by atoms with van der Waals surface area (Å²) in [5, 5.41) is 0. The third kappa shape index (κ3) is 1.96. The molecule has 1 fully saturated rings. The van der Waals surface area contributed by atoms with E-state index in [1.165, 1.54) is 6.07 Å². The zero-order valence-corrected chi connectivity index (χ0v) is 11.4. The minimum atomic E-state index is -4.54. The second-order valence-electron chi connectivity index (χ2n) is 5.16. The predicted octanol–water partition coefficient (Wildman–Crippen LogP) is 2.18. The zero-order valence-electron chi connectivity index (χ0n) is 11.4. The number of carbonyl (C=O) groups excluding carboxylic acids is 2. The lowest BCUT2D eigenvalue weighted by atomic mass is 10.1. The molecule has 2 aliphatic heterocycles. The summed E-state index contributed by atoms with van der Waals surface area (Å²) < 4.78 is 44.0. The first-order valence-corrected chi connectivity index (χ1v) is 6.47. The number of carbonyl (C=O) groups is 2. The normalized spacial score (nSPS) is 23.9. The molecule has 2 atom stereocenters. The van der Waals surface area contributed by atoms with E-state index in [4.69, 9.17) is 10.5 Å². The molecule has 2 heterocycles. The fourth-order valence-electron chi connectivity index (χ4n) is 2.79. The summed E-state index contributed by atoms with van der Waals surface area (Å²) in [5.74, 6) is 0.163. The van der Waals surface area contributed by atoms with Crippen molar-refractivity contribution in [2.45, 2.75) is 25.2 Å². The number of benzene rings is 1. The SMILES string of the molecule is CC1C2COc3ccc(C(F)(F)F)cc3N2C(=O)N1C(N)=O. The maximum atomic E-state index is 12.9. The summed E-state index contributed by atoms with van der Waals surface area (Å²) >= 11 is 0. The molecule has 0 aromatic heterocycles. The molecule has 0 saturated carbocycles. The molecule has 9 heteroatoms. The Labute approximate surface area is 123 Å². The van der Waals surface area contributed by atoms with Gasteiger partial charge >= 0.3 is 18.2 Å². The van der Waals surface area contributed by atoms with Crippen LogP contribution in [0.2, 0.25) is 0 Å². The van der Waals surface area contributed by atoms with E-state index in [1.807, 2.05) is 0 Å². The topological polar surface area (TPSA) is 75.9 Å². The van der Waals surface area contributed by atoms with Crippen LogP contribution >= 0.6 is 0 Å². The summed E-state index contributed by atoms with van der Waals surface area (Å²) in [6.45, 7) is 1.67. The molecule has 1 aromatic rings. The number of hydrogen-bond acceptors (Lipinski definition) is 3. The zero-order chi connectivity index (χ0) is 16.2. The second kappa shape index (κ2) is 4.52. The van der Waals surface area contributed by atoms with Crippen molar-refractivity contribution in [2.75, 3.05) is 11.5 Å². The Balaban J connectivity index is 2.09. The summed E-state index contributed by atoms with van der Waals surface area (Å²) in [6.07, 6.45) is -4.54. The first-order valence-electron chi connectivity index (χ1n) is 6.47. The van der Waals surface area contributed by atoms with Crippen LogP contribution in [-0.2, 0) is 6.18 Å². The number of fused-ring (bicyclic) bond motifs is 3. The van der Waals surface area contributed by atoms with Crippen LogP contribution in [0.3, 0.4) is 0 Å². The highest BCUT2D eigenvalue weighted by atomic mass is 19.4.